The highest BCUT2D eigenvalue weighted by atomic mass is 32.2. The minimum Gasteiger partial charge on any atom is -0.315 e. The predicted molar refractivity (Wildman–Crippen MR) is 72.6 cm³/mol. The molecule has 17 heavy (non-hydrogen) atoms. The molecule has 1 N–H and O–H groups in total. The van der Waals surface area contributed by atoms with Gasteiger partial charge in [-0.25, -0.2) is 13.4 Å². The first-order chi connectivity index (χ1) is 8.01. The van der Waals surface area contributed by atoms with Gasteiger partial charge in [0.15, 0.2) is 4.34 Å². The first kappa shape index (κ1) is 14.9. The highest BCUT2D eigenvalue weighted by Gasteiger charge is 2.03. The van der Waals surface area contributed by atoms with Crippen LogP contribution in [0.3, 0.4) is 0 Å². The molecule has 1 rings (SSSR count). The summed E-state index contributed by atoms with van der Waals surface area (Å²) in [4.78, 5) is 4.33. The molecule has 0 fully saturated rings. The average molecular weight is 295 g/mol. The lowest BCUT2D eigenvalue weighted by Crippen LogP contribution is -2.24. The van der Waals surface area contributed by atoms with E-state index in [-0.39, 0.29) is 5.75 Å². The van der Waals surface area contributed by atoms with Crippen molar-refractivity contribution in [3.8, 4) is 0 Å². The van der Waals surface area contributed by atoms with Gasteiger partial charge in [-0.15, -0.1) is 0 Å². The number of sulfone groups is 1. The van der Waals surface area contributed by atoms with Crippen molar-refractivity contribution in [3.63, 3.8) is 0 Å². The molecule has 0 saturated heterocycles. The Bertz CT molecular complexity index is 430. The lowest BCUT2D eigenvalue weighted by molar-refractivity contribution is 0.598. The quantitative estimate of drug-likeness (QED) is 0.566. The molecule has 0 saturated carbocycles. The summed E-state index contributed by atoms with van der Waals surface area (Å²) >= 11 is 3.07. The Morgan fingerprint density at radius 2 is 2.18 bits per heavy atom. The van der Waals surface area contributed by atoms with Gasteiger partial charge in [0, 0.05) is 31.5 Å². The van der Waals surface area contributed by atoms with E-state index in [9.17, 15) is 8.42 Å². The molecule has 0 atom stereocenters. The van der Waals surface area contributed by atoms with E-state index in [4.69, 9.17) is 0 Å². The van der Waals surface area contributed by atoms with Crippen LogP contribution in [0.15, 0.2) is 4.34 Å². The number of hydrogen-bond donors (Lipinski definition) is 1. The van der Waals surface area contributed by atoms with Crippen molar-refractivity contribution in [1.82, 2.24) is 14.7 Å². The van der Waals surface area contributed by atoms with Crippen LogP contribution in [0.4, 0.5) is 0 Å². The molecule has 98 valence electrons. The Balaban J connectivity index is 2.08. The van der Waals surface area contributed by atoms with Gasteiger partial charge in [0.05, 0.1) is 5.75 Å². The van der Waals surface area contributed by atoms with E-state index < -0.39 is 9.84 Å². The first-order valence-corrected chi connectivity index (χ1v) is 9.17. The molecule has 1 aromatic heterocycles. The highest BCUT2D eigenvalue weighted by molar-refractivity contribution is 8.00. The fourth-order valence-corrected chi connectivity index (χ4v) is 3.21. The van der Waals surface area contributed by atoms with E-state index in [0.29, 0.717) is 6.54 Å². The molecule has 1 heterocycles. The summed E-state index contributed by atoms with van der Waals surface area (Å²) in [5.74, 6) is 1.96. The molecule has 0 aromatic carbocycles. The minimum absolute atomic E-state index is 0.191. The maximum Gasteiger partial charge on any atom is 0.170 e. The second kappa shape index (κ2) is 7.30. The molecule has 0 spiro atoms. The maximum absolute atomic E-state index is 10.9. The second-order valence-electron chi connectivity index (χ2n) is 3.56. The number of nitrogens with zero attached hydrogens (tertiary/aromatic N) is 2. The number of aromatic nitrogens is 2. The third-order valence-corrected chi connectivity index (χ3v) is 4.74. The van der Waals surface area contributed by atoms with Gasteiger partial charge in [0.1, 0.15) is 15.7 Å². The first-order valence-electron chi connectivity index (χ1n) is 5.35. The highest BCUT2D eigenvalue weighted by Crippen LogP contribution is 2.19. The molecule has 8 heteroatoms. The van der Waals surface area contributed by atoms with Crippen LogP contribution in [-0.2, 0) is 16.3 Å². The van der Waals surface area contributed by atoms with Gasteiger partial charge in [-0.1, -0.05) is 18.7 Å². The fourth-order valence-electron chi connectivity index (χ4n) is 1.03. The van der Waals surface area contributed by atoms with Gasteiger partial charge < -0.3 is 5.32 Å². The predicted octanol–water partition coefficient (Wildman–Crippen LogP) is 0.827. The van der Waals surface area contributed by atoms with E-state index in [0.717, 1.165) is 28.9 Å². The number of thioether (sulfide) groups is 1. The normalized spacial score (nSPS) is 11.9. The van der Waals surface area contributed by atoms with Crippen LogP contribution < -0.4 is 5.32 Å². The lowest BCUT2D eigenvalue weighted by Gasteiger charge is -2.01. The molecule has 0 radical (unpaired) electrons. The Hall–Kier alpha value is -0.180. The van der Waals surface area contributed by atoms with Crippen molar-refractivity contribution >= 4 is 33.1 Å². The molecule has 0 aliphatic heterocycles. The average Bonchev–Trinajstić information content (AvgIpc) is 2.69. The standard InChI is InChI=1S/C9H17N3O2S3/c1-3-8-11-9(16-12-8)15-6-4-10-5-7-17(2,13)14/h10H,3-7H2,1-2H3. The third-order valence-electron chi connectivity index (χ3n) is 1.92. The minimum atomic E-state index is -2.85. The smallest absolute Gasteiger partial charge is 0.170 e. The summed E-state index contributed by atoms with van der Waals surface area (Å²) in [5.41, 5.74) is 0. The van der Waals surface area contributed by atoms with Gasteiger partial charge in [-0.05, 0) is 11.5 Å². The Morgan fingerprint density at radius 3 is 2.76 bits per heavy atom. The molecule has 0 amide bonds. The molecule has 0 unspecified atom stereocenters. The van der Waals surface area contributed by atoms with Crippen LogP contribution in [0.25, 0.3) is 0 Å². The zero-order chi connectivity index (χ0) is 12.7. The van der Waals surface area contributed by atoms with Crippen LogP contribution >= 0.6 is 23.3 Å². The van der Waals surface area contributed by atoms with Gasteiger partial charge in [-0.2, -0.15) is 4.37 Å². The molecular formula is C9H17N3O2S3. The zero-order valence-electron chi connectivity index (χ0n) is 9.97. The van der Waals surface area contributed by atoms with Crippen LogP contribution in [-0.4, -0.2) is 48.6 Å². The SMILES string of the molecule is CCc1nsc(SCCNCCS(C)(=O)=O)n1. The largest absolute Gasteiger partial charge is 0.315 e. The molecule has 0 aliphatic carbocycles. The van der Waals surface area contributed by atoms with Crippen LogP contribution in [0, 0.1) is 0 Å². The van der Waals surface area contributed by atoms with Crippen molar-refractivity contribution in [2.45, 2.75) is 17.7 Å². The van der Waals surface area contributed by atoms with Crippen molar-refractivity contribution in [2.75, 3.05) is 30.9 Å². The topological polar surface area (TPSA) is 72.0 Å². The summed E-state index contributed by atoms with van der Waals surface area (Å²) in [6.45, 7) is 3.32. The van der Waals surface area contributed by atoms with Crippen molar-refractivity contribution in [1.29, 1.82) is 0 Å². The van der Waals surface area contributed by atoms with Gasteiger partial charge in [-0.3, -0.25) is 0 Å². The molecule has 0 aliphatic rings. The van der Waals surface area contributed by atoms with Crippen LogP contribution in [0.5, 0.6) is 0 Å². The molecule has 1 aromatic rings. The summed E-state index contributed by atoms with van der Waals surface area (Å²) in [6, 6.07) is 0. The Morgan fingerprint density at radius 1 is 1.41 bits per heavy atom. The van der Waals surface area contributed by atoms with E-state index >= 15 is 0 Å². The number of nitrogens with one attached hydrogen (secondary N) is 1. The fraction of sp³-hybridized carbons (Fsp3) is 0.778. The van der Waals surface area contributed by atoms with E-state index in [1.807, 2.05) is 6.92 Å². The second-order valence-corrected chi connectivity index (χ2v) is 7.91. The zero-order valence-corrected chi connectivity index (χ0v) is 12.4. The third kappa shape index (κ3) is 6.97. The van der Waals surface area contributed by atoms with Crippen molar-refractivity contribution < 1.29 is 8.42 Å². The van der Waals surface area contributed by atoms with Crippen molar-refractivity contribution in [3.05, 3.63) is 5.82 Å². The molecule has 5 nitrogen and oxygen atoms in total. The van der Waals surface area contributed by atoms with Crippen molar-refractivity contribution in [2.24, 2.45) is 0 Å². The van der Waals surface area contributed by atoms with Crippen LogP contribution in [0.1, 0.15) is 12.7 Å². The van der Waals surface area contributed by atoms with Gasteiger partial charge >= 0.3 is 0 Å². The van der Waals surface area contributed by atoms with E-state index in [2.05, 4.69) is 14.7 Å². The lowest BCUT2D eigenvalue weighted by atomic mass is 10.5. The molecular weight excluding hydrogens is 278 g/mol. The van der Waals surface area contributed by atoms with E-state index in [1.165, 1.54) is 17.8 Å². The number of hydrogen-bond acceptors (Lipinski definition) is 7. The molecule has 0 bridgehead atoms. The van der Waals surface area contributed by atoms with Gasteiger partial charge in [0.25, 0.3) is 0 Å². The number of rotatable bonds is 8. The summed E-state index contributed by atoms with van der Waals surface area (Å²) < 4.78 is 26.9. The number of aryl methyl sites for hydroxylation is 1. The summed E-state index contributed by atoms with van der Waals surface area (Å²) in [7, 11) is -2.85. The maximum atomic E-state index is 10.9. The summed E-state index contributed by atoms with van der Waals surface area (Å²) in [6.07, 6.45) is 2.11. The monoisotopic (exact) mass is 295 g/mol. The van der Waals surface area contributed by atoms with Gasteiger partial charge in [0.2, 0.25) is 0 Å². The van der Waals surface area contributed by atoms with Crippen LogP contribution in [0.2, 0.25) is 0 Å². The van der Waals surface area contributed by atoms with E-state index in [1.54, 1.807) is 11.8 Å². The summed E-state index contributed by atoms with van der Waals surface area (Å²) in [5, 5.41) is 3.09. The Kier molecular flexibility index (Phi) is 6.39. The Labute approximate surface area is 111 Å².